The molecular weight excluding hydrogens is 253 g/mol. The van der Waals surface area contributed by atoms with Gasteiger partial charge in [-0.3, -0.25) is 4.79 Å². The lowest BCUT2D eigenvalue weighted by Gasteiger charge is -2.05. The number of aromatic nitrogens is 1. The Labute approximate surface area is 103 Å². The van der Waals surface area contributed by atoms with Crippen molar-refractivity contribution in [3.8, 4) is 0 Å². The Hall–Kier alpha value is -1.13. The number of hydrogen-bond donors (Lipinski definition) is 0. The molecule has 0 atom stereocenters. The van der Waals surface area contributed by atoms with Crippen LogP contribution in [0.4, 0.5) is 0 Å². The van der Waals surface area contributed by atoms with Crippen LogP contribution in [0.1, 0.15) is 22.8 Å². The Kier molecular flexibility index (Phi) is 4.26. The van der Waals surface area contributed by atoms with Crippen LogP contribution in [0.15, 0.2) is 6.07 Å². The minimum Gasteiger partial charge on any atom is -0.460 e. The van der Waals surface area contributed by atoms with E-state index in [0.29, 0.717) is 5.56 Å². The molecule has 0 saturated carbocycles. The maximum Gasteiger partial charge on any atom is 0.379 e. The Balaban J connectivity index is 3.09. The molecule has 0 bridgehead atoms. The lowest BCUT2D eigenvalue weighted by molar-refractivity contribution is -0.137. The van der Waals surface area contributed by atoms with Crippen molar-refractivity contribution in [1.29, 1.82) is 0 Å². The molecule has 6 heteroatoms. The molecule has 86 valence electrons. The first kappa shape index (κ1) is 12.9. The van der Waals surface area contributed by atoms with Crippen molar-refractivity contribution in [2.45, 2.75) is 13.8 Å². The molecule has 0 saturated heterocycles. The SMILES string of the molecule is CCOC(=O)C(=O)c1cc(C)c(Cl)nc1Cl. The largest absolute Gasteiger partial charge is 0.460 e. The fourth-order valence-corrected chi connectivity index (χ4v) is 1.44. The highest BCUT2D eigenvalue weighted by molar-refractivity contribution is 6.45. The van der Waals surface area contributed by atoms with Crippen LogP contribution in [-0.2, 0) is 9.53 Å². The molecule has 0 aliphatic heterocycles. The van der Waals surface area contributed by atoms with Crippen molar-refractivity contribution in [2.75, 3.05) is 6.61 Å². The molecule has 1 heterocycles. The lowest BCUT2D eigenvalue weighted by Crippen LogP contribution is -2.18. The molecule has 1 rings (SSSR count). The average molecular weight is 262 g/mol. The third kappa shape index (κ3) is 2.71. The van der Waals surface area contributed by atoms with E-state index >= 15 is 0 Å². The Bertz CT molecular complexity index is 446. The van der Waals surface area contributed by atoms with Crippen molar-refractivity contribution in [1.82, 2.24) is 4.98 Å². The Morgan fingerprint density at radius 3 is 2.56 bits per heavy atom. The first-order valence-electron chi connectivity index (χ1n) is 4.51. The highest BCUT2D eigenvalue weighted by atomic mass is 35.5. The maximum absolute atomic E-state index is 11.6. The average Bonchev–Trinajstić information content (AvgIpc) is 2.23. The highest BCUT2D eigenvalue weighted by Crippen LogP contribution is 2.21. The van der Waals surface area contributed by atoms with Gasteiger partial charge in [0, 0.05) is 0 Å². The predicted octanol–water partition coefficient (Wildman–Crippen LogP) is 2.44. The van der Waals surface area contributed by atoms with Gasteiger partial charge in [-0.2, -0.15) is 0 Å². The van der Waals surface area contributed by atoms with Crippen molar-refractivity contribution >= 4 is 35.0 Å². The summed E-state index contributed by atoms with van der Waals surface area (Å²) < 4.78 is 4.58. The molecule has 0 spiro atoms. The second-order valence-corrected chi connectivity index (χ2v) is 3.70. The van der Waals surface area contributed by atoms with Gasteiger partial charge in [0.1, 0.15) is 10.3 Å². The van der Waals surface area contributed by atoms with Crippen LogP contribution in [0.25, 0.3) is 0 Å². The quantitative estimate of drug-likeness (QED) is 0.363. The number of halogens is 2. The van der Waals surface area contributed by atoms with Gasteiger partial charge in [0.15, 0.2) is 0 Å². The van der Waals surface area contributed by atoms with E-state index in [2.05, 4.69) is 9.72 Å². The molecule has 0 unspecified atom stereocenters. The third-order valence-corrected chi connectivity index (χ3v) is 2.48. The molecule has 1 aromatic rings. The van der Waals surface area contributed by atoms with E-state index < -0.39 is 11.8 Å². The second kappa shape index (κ2) is 5.27. The summed E-state index contributed by atoms with van der Waals surface area (Å²) in [6, 6.07) is 1.41. The number of rotatable bonds is 3. The minimum absolute atomic E-state index is 0.00187. The first-order valence-corrected chi connectivity index (χ1v) is 5.27. The molecule has 0 radical (unpaired) electrons. The molecule has 0 aliphatic rings. The van der Waals surface area contributed by atoms with Gasteiger partial charge in [-0.15, -0.1) is 0 Å². The Morgan fingerprint density at radius 1 is 1.38 bits per heavy atom. The topological polar surface area (TPSA) is 56.3 Å². The lowest BCUT2D eigenvalue weighted by atomic mass is 10.1. The first-order chi connectivity index (χ1) is 7.47. The van der Waals surface area contributed by atoms with Gasteiger partial charge in [-0.25, -0.2) is 9.78 Å². The fourth-order valence-electron chi connectivity index (χ4n) is 1.04. The van der Waals surface area contributed by atoms with Crippen molar-refractivity contribution in [2.24, 2.45) is 0 Å². The molecule has 0 aromatic carbocycles. The van der Waals surface area contributed by atoms with E-state index in [1.54, 1.807) is 13.8 Å². The molecule has 0 N–H and O–H groups in total. The Morgan fingerprint density at radius 2 is 2.00 bits per heavy atom. The molecule has 4 nitrogen and oxygen atoms in total. The van der Waals surface area contributed by atoms with Crippen molar-refractivity contribution in [3.63, 3.8) is 0 Å². The van der Waals surface area contributed by atoms with Crippen LogP contribution >= 0.6 is 23.2 Å². The van der Waals surface area contributed by atoms with E-state index in [9.17, 15) is 9.59 Å². The van der Waals surface area contributed by atoms with E-state index in [1.165, 1.54) is 6.07 Å². The summed E-state index contributed by atoms with van der Waals surface area (Å²) in [7, 11) is 0. The monoisotopic (exact) mass is 261 g/mol. The van der Waals surface area contributed by atoms with Gasteiger partial charge in [0.25, 0.3) is 5.78 Å². The minimum atomic E-state index is -0.951. The zero-order valence-corrected chi connectivity index (χ0v) is 10.2. The highest BCUT2D eigenvalue weighted by Gasteiger charge is 2.22. The second-order valence-electron chi connectivity index (χ2n) is 2.98. The van der Waals surface area contributed by atoms with Crippen molar-refractivity contribution in [3.05, 3.63) is 27.5 Å². The van der Waals surface area contributed by atoms with Crippen LogP contribution in [-0.4, -0.2) is 23.3 Å². The molecule has 0 amide bonds. The molecule has 0 fully saturated rings. The van der Waals surface area contributed by atoms with Crippen LogP contribution < -0.4 is 0 Å². The van der Waals surface area contributed by atoms with Gasteiger partial charge in [0.2, 0.25) is 0 Å². The summed E-state index contributed by atoms with van der Waals surface area (Å²) in [5.74, 6) is -1.77. The maximum atomic E-state index is 11.6. The predicted molar refractivity (Wildman–Crippen MR) is 60.0 cm³/mol. The van der Waals surface area contributed by atoms with Gasteiger partial charge in [-0.05, 0) is 25.5 Å². The number of ketones is 1. The number of hydrogen-bond acceptors (Lipinski definition) is 4. The van der Waals surface area contributed by atoms with E-state index in [0.717, 1.165) is 0 Å². The van der Waals surface area contributed by atoms with Crippen molar-refractivity contribution < 1.29 is 14.3 Å². The number of ether oxygens (including phenoxy) is 1. The van der Waals surface area contributed by atoms with Crippen LogP contribution in [0.2, 0.25) is 10.3 Å². The smallest absolute Gasteiger partial charge is 0.379 e. The van der Waals surface area contributed by atoms with Gasteiger partial charge < -0.3 is 4.74 Å². The fraction of sp³-hybridized carbons (Fsp3) is 0.300. The summed E-state index contributed by atoms with van der Waals surface area (Å²) in [6.07, 6.45) is 0. The summed E-state index contributed by atoms with van der Waals surface area (Å²) in [5.41, 5.74) is 0.570. The van der Waals surface area contributed by atoms with Crippen LogP contribution in [0, 0.1) is 6.92 Å². The third-order valence-electron chi connectivity index (χ3n) is 1.81. The summed E-state index contributed by atoms with van der Waals surface area (Å²) in [6.45, 7) is 3.40. The van der Waals surface area contributed by atoms with Gasteiger partial charge in [-0.1, -0.05) is 23.2 Å². The van der Waals surface area contributed by atoms with Gasteiger partial charge >= 0.3 is 5.97 Å². The van der Waals surface area contributed by atoms with E-state index in [4.69, 9.17) is 23.2 Å². The summed E-state index contributed by atoms with van der Waals surface area (Å²) >= 11 is 11.4. The number of pyridine rings is 1. The summed E-state index contributed by atoms with van der Waals surface area (Å²) in [5, 5.41) is 0.0964. The number of aryl methyl sites for hydroxylation is 1. The molecular formula is C10H9Cl2NO3. The number of nitrogens with zero attached hydrogens (tertiary/aromatic N) is 1. The normalized spacial score (nSPS) is 10.0. The van der Waals surface area contributed by atoms with Crippen LogP contribution in [0.3, 0.4) is 0 Å². The van der Waals surface area contributed by atoms with E-state index in [-0.39, 0.29) is 22.5 Å². The number of carbonyl (C=O) groups excluding carboxylic acids is 2. The van der Waals surface area contributed by atoms with E-state index in [1.807, 2.05) is 0 Å². The van der Waals surface area contributed by atoms with Gasteiger partial charge in [0.05, 0.1) is 12.2 Å². The standard InChI is InChI=1S/C10H9Cl2NO3/c1-3-16-10(15)7(14)6-4-5(2)8(11)13-9(6)12/h4H,3H2,1-2H3. The molecule has 1 aromatic heterocycles. The molecule has 0 aliphatic carbocycles. The zero-order chi connectivity index (χ0) is 12.3. The van der Waals surface area contributed by atoms with Crippen LogP contribution in [0.5, 0.6) is 0 Å². The molecule has 16 heavy (non-hydrogen) atoms. The number of esters is 1. The zero-order valence-electron chi connectivity index (χ0n) is 8.71. The number of Topliss-reactive ketones (excluding diaryl/α,β-unsaturated/α-hetero) is 1. The summed E-state index contributed by atoms with van der Waals surface area (Å²) in [4.78, 5) is 26.5. The number of carbonyl (C=O) groups is 2.